The zero-order valence-electron chi connectivity index (χ0n) is 12.4. The fourth-order valence-electron chi connectivity index (χ4n) is 2.48. The van der Waals surface area contributed by atoms with Gasteiger partial charge in [0.15, 0.2) is 0 Å². The van der Waals surface area contributed by atoms with Gasteiger partial charge < -0.3 is 9.84 Å². The second kappa shape index (κ2) is 6.79. The van der Waals surface area contributed by atoms with Crippen LogP contribution in [0.15, 0.2) is 84.9 Å². The summed E-state index contributed by atoms with van der Waals surface area (Å²) in [7, 11) is 0. The topological polar surface area (TPSA) is 46.5 Å². The zero-order chi connectivity index (χ0) is 16.1. The second-order valence-corrected chi connectivity index (χ2v) is 5.17. The van der Waals surface area contributed by atoms with Crippen molar-refractivity contribution in [3.63, 3.8) is 0 Å². The molecule has 0 bridgehead atoms. The van der Waals surface area contributed by atoms with Gasteiger partial charge in [-0.05, 0) is 23.3 Å². The van der Waals surface area contributed by atoms with Crippen molar-refractivity contribution in [2.45, 2.75) is 5.92 Å². The Bertz CT molecular complexity index is 743. The van der Waals surface area contributed by atoms with Gasteiger partial charge >= 0.3 is 5.97 Å². The first kappa shape index (κ1) is 14.9. The Kier molecular flexibility index (Phi) is 4.39. The van der Waals surface area contributed by atoms with E-state index < -0.39 is 5.92 Å². The normalized spacial score (nSPS) is 10.5. The molecule has 0 spiro atoms. The maximum absolute atomic E-state index is 12.7. The number of aromatic hydroxyl groups is 1. The quantitative estimate of drug-likeness (QED) is 0.582. The number of benzene rings is 3. The summed E-state index contributed by atoms with van der Waals surface area (Å²) in [6.45, 7) is 0. The van der Waals surface area contributed by atoms with E-state index in [4.69, 9.17) is 4.74 Å². The summed E-state index contributed by atoms with van der Waals surface area (Å²) < 4.78 is 5.47. The van der Waals surface area contributed by atoms with E-state index in [0.717, 1.165) is 11.1 Å². The van der Waals surface area contributed by atoms with E-state index in [1.807, 2.05) is 60.7 Å². The van der Waals surface area contributed by atoms with Gasteiger partial charge in [-0.1, -0.05) is 66.7 Å². The molecule has 0 aliphatic heterocycles. The van der Waals surface area contributed by atoms with Crippen molar-refractivity contribution in [1.82, 2.24) is 0 Å². The van der Waals surface area contributed by atoms with Crippen LogP contribution in [0.3, 0.4) is 0 Å². The maximum atomic E-state index is 12.7. The molecule has 0 aromatic heterocycles. The third-order valence-electron chi connectivity index (χ3n) is 3.54. The largest absolute Gasteiger partial charge is 0.508 e. The highest BCUT2D eigenvalue weighted by atomic mass is 16.5. The molecule has 0 saturated carbocycles. The molecule has 3 heteroatoms. The number of carbonyl (C=O) groups is 1. The molecular weight excluding hydrogens is 288 g/mol. The monoisotopic (exact) mass is 304 g/mol. The number of hydrogen-bond acceptors (Lipinski definition) is 3. The van der Waals surface area contributed by atoms with Crippen molar-refractivity contribution in [2.24, 2.45) is 0 Å². The molecule has 1 N–H and O–H groups in total. The molecule has 0 amide bonds. The van der Waals surface area contributed by atoms with Crippen LogP contribution in [0.2, 0.25) is 0 Å². The lowest BCUT2D eigenvalue weighted by Gasteiger charge is -2.17. The van der Waals surface area contributed by atoms with Crippen LogP contribution < -0.4 is 4.74 Å². The Labute approximate surface area is 134 Å². The SMILES string of the molecule is O=C(Oc1cccc(O)c1)C(c1ccccc1)c1ccccc1. The van der Waals surface area contributed by atoms with Crippen LogP contribution in [0.5, 0.6) is 11.5 Å². The van der Waals surface area contributed by atoms with E-state index in [1.165, 1.54) is 12.1 Å². The number of hydrogen-bond donors (Lipinski definition) is 1. The molecule has 0 unspecified atom stereocenters. The van der Waals surface area contributed by atoms with E-state index in [0.29, 0.717) is 5.75 Å². The molecule has 3 aromatic carbocycles. The second-order valence-electron chi connectivity index (χ2n) is 5.17. The molecule has 3 nitrogen and oxygen atoms in total. The molecule has 114 valence electrons. The van der Waals surface area contributed by atoms with Crippen molar-refractivity contribution in [3.8, 4) is 11.5 Å². The van der Waals surface area contributed by atoms with E-state index in [-0.39, 0.29) is 11.7 Å². The summed E-state index contributed by atoms with van der Waals surface area (Å²) in [6.07, 6.45) is 0. The van der Waals surface area contributed by atoms with Gasteiger partial charge in [0.2, 0.25) is 0 Å². The molecule has 0 saturated heterocycles. The van der Waals surface area contributed by atoms with Crippen LogP contribution in [0.25, 0.3) is 0 Å². The molecule has 23 heavy (non-hydrogen) atoms. The Morgan fingerprint density at radius 2 is 1.35 bits per heavy atom. The molecule has 3 aromatic rings. The molecule has 0 fully saturated rings. The third-order valence-corrected chi connectivity index (χ3v) is 3.54. The smallest absolute Gasteiger partial charge is 0.323 e. The summed E-state index contributed by atoms with van der Waals surface area (Å²) in [5.41, 5.74) is 1.73. The lowest BCUT2D eigenvalue weighted by atomic mass is 9.91. The van der Waals surface area contributed by atoms with Crippen LogP contribution in [0.1, 0.15) is 17.0 Å². The third kappa shape index (κ3) is 3.58. The van der Waals surface area contributed by atoms with Crippen molar-refractivity contribution >= 4 is 5.97 Å². The first-order valence-electron chi connectivity index (χ1n) is 7.34. The van der Waals surface area contributed by atoms with Crippen LogP contribution in [0, 0.1) is 0 Å². The van der Waals surface area contributed by atoms with E-state index in [1.54, 1.807) is 12.1 Å². The Balaban J connectivity index is 1.94. The minimum atomic E-state index is -0.514. The van der Waals surface area contributed by atoms with Gasteiger partial charge in [0.25, 0.3) is 0 Å². The zero-order valence-corrected chi connectivity index (χ0v) is 12.4. The molecule has 0 aliphatic rings. The molecule has 0 atom stereocenters. The number of phenols is 1. The van der Waals surface area contributed by atoms with Gasteiger partial charge in [-0.25, -0.2) is 0 Å². The summed E-state index contributed by atoms with van der Waals surface area (Å²) in [4.78, 5) is 12.7. The van der Waals surface area contributed by atoms with Gasteiger partial charge in [0.05, 0.1) is 0 Å². The van der Waals surface area contributed by atoms with Crippen molar-refractivity contribution < 1.29 is 14.6 Å². The first-order valence-corrected chi connectivity index (χ1v) is 7.34. The van der Waals surface area contributed by atoms with E-state index >= 15 is 0 Å². The van der Waals surface area contributed by atoms with Crippen LogP contribution in [-0.2, 0) is 4.79 Å². The number of esters is 1. The molecule has 3 rings (SSSR count). The Morgan fingerprint density at radius 3 is 1.87 bits per heavy atom. The number of rotatable bonds is 4. The highest BCUT2D eigenvalue weighted by Gasteiger charge is 2.24. The Hall–Kier alpha value is -3.07. The van der Waals surface area contributed by atoms with Gasteiger partial charge in [0, 0.05) is 6.07 Å². The average molecular weight is 304 g/mol. The molecular formula is C20H16O3. The average Bonchev–Trinajstić information content (AvgIpc) is 2.57. The van der Waals surface area contributed by atoms with Crippen LogP contribution >= 0.6 is 0 Å². The molecule has 0 heterocycles. The van der Waals surface area contributed by atoms with E-state index in [2.05, 4.69) is 0 Å². The summed E-state index contributed by atoms with van der Waals surface area (Å²) in [6, 6.07) is 25.3. The van der Waals surface area contributed by atoms with Gasteiger partial charge in [-0.15, -0.1) is 0 Å². The number of carbonyl (C=O) groups excluding carboxylic acids is 1. The van der Waals surface area contributed by atoms with Crippen molar-refractivity contribution in [3.05, 3.63) is 96.1 Å². The lowest BCUT2D eigenvalue weighted by molar-refractivity contribution is -0.135. The lowest BCUT2D eigenvalue weighted by Crippen LogP contribution is -2.20. The van der Waals surface area contributed by atoms with Gasteiger partial charge in [-0.2, -0.15) is 0 Å². The maximum Gasteiger partial charge on any atom is 0.323 e. The fourth-order valence-corrected chi connectivity index (χ4v) is 2.48. The minimum absolute atomic E-state index is 0.0614. The van der Waals surface area contributed by atoms with Gasteiger partial charge in [-0.3, -0.25) is 4.79 Å². The minimum Gasteiger partial charge on any atom is -0.508 e. The number of ether oxygens (including phenoxy) is 1. The Morgan fingerprint density at radius 1 is 0.783 bits per heavy atom. The summed E-state index contributed by atoms with van der Waals surface area (Å²) in [5.74, 6) is -0.508. The van der Waals surface area contributed by atoms with Crippen molar-refractivity contribution in [1.29, 1.82) is 0 Å². The summed E-state index contributed by atoms with van der Waals surface area (Å²) >= 11 is 0. The highest BCUT2D eigenvalue weighted by Crippen LogP contribution is 2.27. The van der Waals surface area contributed by atoms with Gasteiger partial charge in [0.1, 0.15) is 17.4 Å². The highest BCUT2D eigenvalue weighted by molar-refractivity contribution is 5.84. The fraction of sp³-hybridized carbons (Fsp3) is 0.0500. The predicted octanol–water partition coefficient (Wildman–Crippen LogP) is 4.13. The van der Waals surface area contributed by atoms with Crippen LogP contribution in [-0.4, -0.2) is 11.1 Å². The molecule has 0 radical (unpaired) electrons. The molecule has 0 aliphatic carbocycles. The summed E-state index contributed by atoms with van der Waals surface area (Å²) in [5, 5.41) is 9.51. The van der Waals surface area contributed by atoms with Crippen LogP contribution in [0.4, 0.5) is 0 Å². The standard InChI is InChI=1S/C20H16O3/c21-17-12-7-13-18(14-17)23-20(22)19(15-8-3-1-4-9-15)16-10-5-2-6-11-16/h1-14,19,21H. The van der Waals surface area contributed by atoms with Crippen molar-refractivity contribution in [2.75, 3.05) is 0 Å². The number of phenolic OH excluding ortho intramolecular Hbond substituents is 1. The predicted molar refractivity (Wildman–Crippen MR) is 88.5 cm³/mol. The van der Waals surface area contributed by atoms with E-state index in [9.17, 15) is 9.90 Å². The first-order chi connectivity index (χ1) is 11.2.